The van der Waals surface area contributed by atoms with Crippen LogP contribution in [0.5, 0.6) is 0 Å². The summed E-state index contributed by atoms with van der Waals surface area (Å²) in [6, 6.07) is 14.1. The van der Waals surface area contributed by atoms with Crippen LogP contribution in [0.25, 0.3) is 0 Å². The van der Waals surface area contributed by atoms with Gasteiger partial charge in [-0.05, 0) is 31.2 Å². The van der Waals surface area contributed by atoms with E-state index in [1.54, 1.807) is 24.3 Å². The number of hydrogen-bond donors (Lipinski definition) is 2. The highest BCUT2D eigenvalue weighted by atomic mass is 35.5. The van der Waals surface area contributed by atoms with Gasteiger partial charge in [0.1, 0.15) is 0 Å². The summed E-state index contributed by atoms with van der Waals surface area (Å²) in [6.45, 7) is 1.98. The normalized spacial score (nSPS) is 10.0. The van der Waals surface area contributed by atoms with Crippen LogP contribution in [0.4, 0.5) is 10.5 Å². The lowest BCUT2D eigenvalue weighted by molar-refractivity contribution is 0.0969. The zero-order valence-corrected chi connectivity index (χ0v) is 12.8. The van der Waals surface area contributed by atoms with Crippen molar-refractivity contribution in [3.8, 4) is 0 Å². The lowest BCUT2D eigenvalue weighted by atomic mass is 10.2. The molecule has 0 saturated heterocycles. The van der Waals surface area contributed by atoms with E-state index >= 15 is 0 Å². The maximum atomic E-state index is 11.9. The minimum absolute atomic E-state index is 0.267. The zero-order chi connectivity index (χ0) is 15.2. The smallest absolute Gasteiger partial charge is 0.306 e. The SMILES string of the molecule is Cc1ccc(NSC(=O)NC(=O)c2ccccc2Cl)cc1. The van der Waals surface area contributed by atoms with Gasteiger partial charge in [0.05, 0.1) is 10.6 Å². The first-order valence-electron chi connectivity index (χ1n) is 6.15. The molecular weight excluding hydrogens is 308 g/mol. The number of amides is 2. The quantitative estimate of drug-likeness (QED) is 0.830. The third-order valence-electron chi connectivity index (χ3n) is 2.65. The second-order valence-electron chi connectivity index (χ2n) is 4.29. The zero-order valence-electron chi connectivity index (χ0n) is 11.2. The highest BCUT2D eigenvalue weighted by Crippen LogP contribution is 2.16. The van der Waals surface area contributed by atoms with Gasteiger partial charge in [-0.25, -0.2) is 0 Å². The van der Waals surface area contributed by atoms with Crippen molar-refractivity contribution in [3.63, 3.8) is 0 Å². The molecule has 6 heteroatoms. The summed E-state index contributed by atoms with van der Waals surface area (Å²) in [6.07, 6.45) is 0. The van der Waals surface area contributed by atoms with Gasteiger partial charge in [-0.3, -0.25) is 14.9 Å². The number of nitrogens with one attached hydrogen (secondary N) is 2. The summed E-state index contributed by atoms with van der Waals surface area (Å²) >= 11 is 6.70. The Labute approximate surface area is 132 Å². The summed E-state index contributed by atoms with van der Waals surface area (Å²) in [5.41, 5.74) is 2.18. The van der Waals surface area contributed by atoms with Crippen LogP contribution >= 0.6 is 23.5 Å². The third kappa shape index (κ3) is 4.51. The standard InChI is InChI=1S/C15H13ClN2O2S/c1-10-6-8-11(9-7-10)18-21-15(20)17-14(19)12-4-2-3-5-13(12)16/h2-9,18H,1H3,(H,17,19,20). The van der Waals surface area contributed by atoms with Crippen molar-refractivity contribution in [2.45, 2.75) is 6.92 Å². The number of anilines is 1. The molecular formula is C15H13ClN2O2S. The fraction of sp³-hybridized carbons (Fsp3) is 0.0667. The molecule has 0 fully saturated rings. The number of carbonyl (C=O) groups excluding carboxylic acids is 2. The van der Waals surface area contributed by atoms with Gasteiger partial charge in [0.2, 0.25) is 0 Å². The number of benzene rings is 2. The molecule has 0 aliphatic heterocycles. The predicted octanol–water partition coefficient (Wildman–Crippen LogP) is 4.26. The summed E-state index contributed by atoms with van der Waals surface area (Å²) in [5.74, 6) is -0.524. The van der Waals surface area contributed by atoms with Crippen molar-refractivity contribution in [1.29, 1.82) is 0 Å². The molecule has 0 aromatic heterocycles. The summed E-state index contributed by atoms with van der Waals surface area (Å²) in [4.78, 5) is 23.6. The molecule has 2 rings (SSSR count). The van der Waals surface area contributed by atoms with E-state index in [1.165, 1.54) is 0 Å². The molecule has 108 valence electrons. The van der Waals surface area contributed by atoms with E-state index in [4.69, 9.17) is 11.6 Å². The minimum atomic E-state index is -0.524. The van der Waals surface area contributed by atoms with Crippen molar-refractivity contribution >= 4 is 40.4 Å². The Balaban J connectivity index is 1.89. The molecule has 0 heterocycles. The van der Waals surface area contributed by atoms with Crippen molar-refractivity contribution in [2.24, 2.45) is 0 Å². The molecule has 21 heavy (non-hydrogen) atoms. The molecule has 0 bridgehead atoms. The molecule has 2 amide bonds. The Morgan fingerprint density at radius 1 is 1.05 bits per heavy atom. The first-order chi connectivity index (χ1) is 10.1. The highest BCUT2D eigenvalue weighted by Gasteiger charge is 2.13. The molecule has 0 atom stereocenters. The van der Waals surface area contributed by atoms with E-state index in [2.05, 4.69) is 10.0 Å². The Bertz CT molecular complexity index is 659. The van der Waals surface area contributed by atoms with Crippen LogP contribution in [0.2, 0.25) is 5.02 Å². The molecule has 2 N–H and O–H groups in total. The number of aryl methyl sites for hydroxylation is 1. The molecule has 0 radical (unpaired) electrons. The van der Waals surface area contributed by atoms with Gasteiger partial charge in [-0.1, -0.05) is 41.4 Å². The first kappa shape index (κ1) is 15.4. The Morgan fingerprint density at radius 2 is 1.71 bits per heavy atom. The van der Waals surface area contributed by atoms with Gasteiger partial charge < -0.3 is 4.72 Å². The maximum absolute atomic E-state index is 11.9. The van der Waals surface area contributed by atoms with Crippen LogP contribution in [-0.4, -0.2) is 11.1 Å². The maximum Gasteiger partial charge on any atom is 0.306 e. The monoisotopic (exact) mass is 320 g/mol. The van der Waals surface area contributed by atoms with Crippen LogP contribution in [0.3, 0.4) is 0 Å². The Hall–Kier alpha value is -1.98. The van der Waals surface area contributed by atoms with Crippen molar-refractivity contribution in [3.05, 3.63) is 64.7 Å². The van der Waals surface area contributed by atoms with E-state index in [9.17, 15) is 9.59 Å². The highest BCUT2D eigenvalue weighted by molar-refractivity contribution is 8.14. The predicted molar refractivity (Wildman–Crippen MR) is 86.7 cm³/mol. The van der Waals surface area contributed by atoms with Crippen LogP contribution in [-0.2, 0) is 0 Å². The van der Waals surface area contributed by atoms with E-state index in [0.29, 0.717) is 5.02 Å². The first-order valence-corrected chi connectivity index (χ1v) is 7.35. The number of rotatable bonds is 3. The van der Waals surface area contributed by atoms with Crippen LogP contribution in [0.15, 0.2) is 48.5 Å². The number of hydrogen-bond acceptors (Lipinski definition) is 4. The van der Waals surface area contributed by atoms with Gasteiger partial charge in [0.25, 0.3) is 5.91 Å². The van der Waals surface area contributed by atoms with Crippen LogP contribution < -0.4 is 10.0 Å². The second-order valence-corrected chi connectivity index (χ2v) is 5.48. The Morgan fingerprint density at radius 3 is 2.38 bits per heavy atom. The fourth-order valence-electron chi connectivity index (χ4n) is 1.56. The van der Waals surface area contributed by atoms with Gasteiger partial charge in [-0.15, -0.1) is 0 Å². The third-order valence-corrected chi connectivity index (χ3v) is 3.60. The molecule has 0 aliphatic rings. The van der Waals surface area contributed by atoms with Gasteiger partial charge >= 0.3 is 5.24 Å². The lowest BCUT2D eigenvalue weighted by Gasteiger charge is -2.07. The van der Waals surface area contributed by atoms with Crippen molar-refractivity contribution < 1.29 is 9.59 Å². The number of halogens is 1. The fourth-order valence-corrected chi connectivity index (χ4v) is 2.27. The summed E-state index contributed by atoms with van der Waals surface area (Å²) in [7, 11) is 0. The van der Waals surface area contributed by atoms with Crippen LogP contribution in [0, 0.1) is 6.92 Å². The Kier molecular flexibility index (Phi) is 5.25. The summed E-state index contributed by atoms with van der Waals surface area (Å²) < 4.78 is 2.86. The van der Waals surface area contributed by atoms with Gasteiger partial charge in [-0.2, -0.15) is 0 Å². The average Bonchev–Trinajstić information content (AvgIpc) is 2.47. The second kappa shape index (κ2) is 7.15. The average molecular weight is 321 g/mol. The van der Waals surface area contributed by atoms with E-state index in [-0.39, 0.29) is 5.56 Å². The molecule has 0 saturated carbocycles. The molecule has 4 nitrogen and oxygen atoms in total. The number of carbonyl (C=O) groups is 2. The van der Waals surface area contributed by atoms with Gasteiger partial charge in [0.15, 0.2) is 0 Å². The molecule has 0 spiro atoms. The number of imide groups is 1. The van der Waals surface area contributed by atoms with E-state index < -0.39 is 11.1 Å². The minimum Gasteiger partial charge on any atom is -0.322 e. The summed E-state index contributed by atoms with van der Waals surface area (Å²) in [5, 5.41) is 2.06. The van der Waals surface area contributed by atoms with E-state index in [1.807, 2.05) is 31.2 Å². The van der Waals surface area contributed by atoms with Crippen molar-refractivity contribution in [2.75, 3.05) is 4.72 Å². The lowest BCUT2D eigenvalue weighted by Crippen LogP contribution is -2.28. The van der Waals surface area contributed by atoms with Crippen LogP contribution in [0.1, 0.15) is 15.9 Å². The van der Waals surface area contributed by atoms with Crippen molar-refractivity contribution in [1.82, 2.24) is 5.32 Å². The van der Waals surface area contributed by atoms with Gasteiger partial charge in [0, 0.05) is 17.6 Å². The topological polar surface area (TPSA) is 58.2 Å². The molecule has 2 aromatic carbocycles. The molecule has 2 aromatic rings. The molecule has 0 aliphatic carbocycles. The molecule has 0 unspecified atom stereocenters. The van der Waals surface area contributed by atoms with E-state index in [0.717, 1.165) is 23.2 Å². The largest absolute Gasteiger partial charge is 0.322 e.